The van der Waals surface area contributed by atoms with Gasteiger partial charge in [0.1, 0.15) is 0 Å². The standard InChI is InChI=1S/C16H17N3O3/c1-22-15-8-7-11(17-18-15)10-19-9-3-5-12-13(16(20)21)4-2-6-14(12)19/h2,4,6-8H,3,5,9-10H2,1H3,(H,20,21). The number of hydrogen-bond acceptors (Lipinski definition) is 5. The molecule has 6 nitrogen and oxygen atoms in total. The Bertz CT molecular complexity index is 686. The lowest BCUT2D eigenvalue weighted by atomic mass is 9.96. The number of hydrogen-bond donors (Lipinski definition) is 1. The number of benzene rings is 1. The SMILES string of the molecule is COc1ccc(CN2CCCc3c(C(=O)O)cccc32)nn1. The number of carboxylic acid groups (broad SMARTS) is 1. The molecule has 22 heavy (non-hydrogen) atoms. The number of ether oxygens (including phenoxy) is 1. The molecule has 0 amide bonds. The molecule has 6 heteroatoms. The van der Waals surface area contributed by atoms with Crippen LogP contribution in [0.15, 0.2) is 30.3 Å². The minimum atomic E-state index is -0.872. The van der Waals surface area contributed by atoms with Gasteiger partial charge in [-0.05, 0) is 36.6 Å². The third-order valence-electron chi connectivity index (χ3n) is 3.83. The van der Waals surface area contributed by atoms with Crippen molar-refractivity contribution in [1.29, 1.82) is 0 Å². The number of aromatic nitrogens is 2. The molecule has 0 spiro atoms. The third kappa shape index (κ3) is 2.72. The topological polar surface area (TPSA) is 75.5 Å². The van der Waals surface area contributed by atoms with Gasteiger partial charge in [-0.25, -0.2) is 4.79 Å². The highest BCUT2D eigenvalue weighted by Gasteiger charge is 2.22. The molecule has 1 aromatic carbocycles. The molecule has 1 N–H and O–H groups in total. The Labute approximate surface area is 128 Å². The van der Waals surface area contributed by atoms with E-state index in [1.54, 1.807) is 25.3 Å². The van der Waals surface area contributed by atoms with Crippen LogP contribution in [0.4, 0.5) is 5.69 Å². The second-order valence-corrected chi connectivity index (χ2v) is 5.20. The summed E-state index contributed by atoms with van der Waals surface area (Å²) in [7, 11) is 1.55. The van der Waals surface area contributed by atoms with E-state index in [1.165, 1.54) is 0 Å². The van der Waals surface area contributed by atoms with Gasteiger partial charge in [-0.15, -0.1) is 5.10 Å². The number of carbonyl (C=O) groups is 1. The Balaban J connectivity index is 1.88. The number of aromatic carboxylic acids is 1. The zero-order valence-corrected chi connectivity index (χ0v) is 12.3. The molecular weight excluding hydrogens is 282 g/mol. The van der Waals surface area contributed by atoms with Crippen molar-refractivity contribution in [3.63, 3.8) is 0 Å². The van der Waals surface area contributed by atoms with Crippen molar-refractivity contribution in [2.24, 2.45) is 0 Å². The molecule has 0 fully saturated rings. The van der Waals surface area contributed by atoms with Gasteiger partial charge < -0.3 is 14.7 Å². The smallest absolute Gasteiger partial charge is 0.336 e. The number of nitrogens with zero attached hydrogens (tertiary/aromatic N) is 3. The molecule has 0 atom stereocenters. The van der Waals surface area contributed by atoms with Gasteiger partial charge in [-0.3, -0.25) is 0 Å². The third-order valence-corrected chi connectivity index (χ3v) is 3.83. The van der Waals surface area contributed by atoms with E-state index < -0.39 is 5.97 Å². The molecule has 2 aromatic rings. The summed E-state index contributed by atoms with van der Waals surface area (Å²) in [5, 5.41) is 17.4. The monoisotopic (exact) mass is 299 g/mol. The van der Waals surface area contributed by atoms with Crippen LogP contribution in [0.3, 0.4) is 0 Å². The van der Waals surface area contributed by atoms with Gasteiger partial charge in [0.15, 0.2) is 0 Å². The summed E-state index contributed by atoms with van der Waals surface area (Å²) < 4.78 is 5.01. The van der Waals surface area contributed by atoms with Crippen LogP contribution in [-0.4, -0.2) is 34.9 Å². The van der Waals surface area contributed by atoms with Gasteiger partial charge in [-0.1, -0.05) is 6.07 Å². The molecule has 0 saturated carbocycles. The highest BCUT2D eigenvalue weighted by Crippen LogP contribution is 2.30. The van der Waals surface area contributed by atoms with E-state index in [9.17, 15) is 9.90 Å². The lowest BCUT2D eigenvalue weighted by molar-refractivity contribution is 0.0695. The Morgan fingerprint density at radius 1 is 1.32 bits per heavy atom. The summed E-state index contributed by atoms with van der Waals surface area (Å²) in [5.74, 6) is -0.390. The zero-order chi connectivity index (χ0) is 15.5. The summed E-state index contributed by atoms with van der Waals surface area (Å²) in [6, 6.07) is 9.08. The molecule has 0 radical (unpaired) electrons. The summed E-state index contributed by atoms with van der Waals surface area (Å²) in [4.78, 5) is 13.5. The molecule has 0 unspecified atom stereocenters. The minimum Gasteiger partial charge on any atom is -0.480 e. The van der Waals surface area contributed by atoms with Gasteiger partial charge in [0.25, 0.3) is 0 Å². The van der Waals surface area contributed by atoms with Crippen molar-refractivity contribution in [3.05, 3.63) is 47.2 Å². The highest BCUT2D eigenvalue weighted by molar-refractivity contribution is 5.91. The Hall–Kier alpha value is -2.63. The van der Waals surface area contributed by atoms with Crippen LogP contribution < -0.4 is 9.64 Å². The molecule has 3 rings (SSSR count). The quantitative estimate of drug-likeness (QED) is 0.932. The summed E-state index contributed by atoms with van der Waals surface area (Å²) >= 11 is 0. The van der Waals surface area contributed by atoms with Crippen LogP contribution >= 0.6 is 0 Å². The van der Waals surface area contributed by atoms with E-state index in [2.05, 4.69) is 15.1 Å². The van der Waals surface area contributed by atoms with Crippen molar-refractivity contribution < 1.29 is 14.6 Å². The predicted octanol–water partition coefficient (Wildman–Crippen LogP) is 2.14. The average Bonchev–Trinajstić information content (AvgIpc) is 2.55. The molecular formula is C16H17N3O3. The van der Waals surface area contributed by atoms with E-state index in [0.717, 1.165) is 36.3 Å². The van der Waals surface area contributed by atoms with Crippen molar-refractivity contribution in [2.75, 3.05) is 18.6 Å². The van der Waals surface area contributed by atoms with Crippen molar-refractivity contribution >= 4 is 11.7 Å². The van der Waals surface area contributed by atoms with Crippen molar-refractivity contribution in [3.8, 4) is 5.88 Å². The number of rotatable bonds is 4. The molecule has 1 aliphatic rings. The minimum absolute atomic E-state index is 0.392. The fourth-order valence-electron chi connectivity index (χ4n) is 2.80. The van der Waals surface area contributed by atoms with E-state index in [-0.39, 0.29) is 0 Å². The Kier molecular flexibility index (Phi) is 3.91. The lowest BCUT2D eigenvalue weighted by Crippen LogP contribution is -2.30. The first kappa shape index (κ1) is 14.3. The predicted molar refractivity (Wildman–Crippen MR) is 81.4 cm³/mol. The second kappa shape index (κ2) is 6.01. The van der Waals surface area contributed by atoms with Crippen LogP contribution in [0.2, 0.25) is 0 Å². The number of methoxy groups -OCH3 is 1. The molecule has 0 saturated heterocycles. The van der Waals surface area contributed by atoms with Crippen LogP contribution in [0.1, 0.15) is 28.0 Å². The fraction of sp³-hybridized carbons (Fsp3) is 0.312. The maximum Gasteiger partial charge on any atom is 0.336 e. The van der Waals surface area contributed by atoms with E-state index in [0.29, 0.717) is 18.0 Å². The van der Waals surface area contributed by atoms with Gasteiger partial charge in [0.05, 0.1) is 24.9 Å². The summed E-state index contributed by atoms with van der Waals surface area (Å²) in [6.07, 6.45) is 1.73. The highest BCUT2D eigenvalue weighted by atomic mass is 16.5. The van der Waals surface area contributed by atoms with Crippen molar-refractivity contribution in [2.45, 2.75) is 19.4 Å². The van der Waals surface area contributed by atoms with E-state index in [4.69, 9.17) is 4.74 Å². The van der Waals surface area contributed by atoms with Crippen molar-refractivity contribution in [1.82, 2.24) is 10.2 Å². The molecule has 2 heterocycles. The van der Waals surface area contributed by atoms with Gasteiger partial charge in [0.2, 0.25) is 5.88 Å². The first-order valence-electron chi connectivity index (χ1n) is 7.16. The lowest BCUT2D eigenvalue weighted by Gasteiger charge is -2.31. The van der Waals surface area contributed by atoms with E-state index >= 15 is 0 Å². The summed E-state index contributed by atoms with van der Waals surface area (Å²) in [6.45, 7) is 1.48. The number of carboxylic acids is 1. The summed E-state index contributed by atoms with van der Waals surface area (Å²) in [5.41, 5.74) is 3.10. The fourth-order valence-corrected chi connectivity index (χ4v) is 2.80. The Morgan fingerprint density at radius 3 is 2.86 bits per heavy atom. The van der Waals surface area contributed by atoms with Gasteiger partial charge in [-0.2, -0.15) is 5.10 Å². The molecule has 1 aromatic heterocycles. The van der Waals surface area contributed by atoms with Crippen LogP contribution in [0, 0.1) is 0 Å². The Morgan fingerprint density at radius 2 is 2.18 bits per heavy atom. The molecule has 0 aliphatic carbocycles. The van der Waals surface area contributed by atoms with Crippen LogP contribution in [-0.2, 0) is 13.0 Å². The van der Waals surface area contributed by atoms with Crippen LogP contribution in [0.25, 0.3) is 0 Å². The first-order valence-corrected chi connectivity index (χ1v) is 7.16. The maximum absolute atomic E-state index is 11.4. The first-order chi connectivity index (χ1) is 10.7. The average molecular weight is 299 g/mol. The van der Waals surface area contributed by atoms with Gasteiger partial charge in [0, 0.05) is 18.3 Å². The number of anilines is 1. The second-order valence-electron chi connectivity index (χ2n) is 5.20. The zero-order valence-electron chi connectivity index (χ0n) is 12.3. The molecule has 114 valence electrons. The normalized spacial score (nSPS) is 13.6. The molecule has 1 aliphatic heterocycles. The largest absolute Gasteiger partial charge is 0.480 e. The van der Waals surface area contributed by atoms with Crippen LogP contribution in [0.5, 0.6) is 5.88 Å². The van der Waals surface area contributed by atoms with Gasteiger partial charge >= 0.3 is 5.97 Å². The van der Waals surface area contributed by atoms with E-state index in [1.807, 2.05) is 12.1 Å². The molecule has 0 bridgehead atoms. The number of fused-ring (bicyclic) bond motifs is 1. The maximum atomic E-state index is 11.4.